The molecule has 0 radical (unpaired) electrons. The number of piperidine rings is 3. The van der Waals surface area contributed by atoms with Crippen molar-refractivity contribution in [1.82, 2.24) is 40.5 Å². The quantitative estimate of drug-likeness (QED) is 0.0816. The molecule has 0 aliphatic carbocycles. The number of anilines is 1. The monoisotopic (exact) mass is 851 g/mol. The van der Waals surface area contributed by atoms with Crippen LogP contribution in [0, 0.1) is 0 Å². The van der Waals surface area contributed by atoms with Gasteiger partial charge in [-0.25, -0.2) is 0 Å². The van der Waals surface area contributed by atoms with Gasteiger partial charge in [-0.3, -0.25) is 39.2 Å². The van der Waals surface area contributed by atoms with Crippen LogP contribution >= 0.6 is 0 Å². The van der Waals surface area contributed by atoms with E-state index in [0.717, 1.165) is 35.2 Å². The minimum Gasteiger partial charge on any atom is -0.496 e. The Morgan fingerprint density at radius 2 is 1.48 bits per heavy atom. The second-order valence-corrected chi connectivity index (χ2v) is 16.4. The molecule has 5 N–H and O–H groups in total. The number of benzene rings is 2. The van der Waals surface area contributed by atoms with Gasteiger partial charge in [-0.2, -0.15) is 5.10 Å². The van der Waals surface area contributed by atoms with E-state index >= 15 is 0 Å². The Labute approximate surface area is 360 Å². The number of pyridine rings is 1. The average Bonchev–Trinajstić information content (AvgIpc) is 3.78. The smallest absolute Gasteiger partial charge is 0.276 e. The zero-order chi connectivity index (χ0) is 43.8. The van der Waals surface area contributed by atoms with Gasteiger partial charge in [0, 0.05) is 93.5 Å². The lowest BCUT2D eigenvalue weighted by atomic mass is 9.89. The van der Waals surface area contributed by atoms with Crippen molar-refractivity contribution in [3.05, 3.63) is 70.3 Å². The van der Waals surface area contributed by atoms with E-state index in [0.29, 0.717) is 112 Å². The third kappa shape index (κ3) is 10.4. The van der Waals surface area contributed by atoms with Crippen molar-refractivity contribution >= 4 is 46.1 Å². The van der Waals surface area contributed by atoms with E-state index in [-0.39, 0.29) is 47.7 Å². The van der Waals surface area contributed by atoms with Crippen molar-refractivity contribution in [2.75, 3.05) is 52.3 Å². The summed E-state index contributed by atoms with van der Waals surface area (Å²) in [5, 5.41) is 19.4. The van der Waals surface area contributed by atoms with Crippen LogP contribution in [-0.4, -0.2) is 113 Å². The van der Waals surface area contributed by atoms with Crippen LogP contribution in [0.15, 0.2) is 53.6 Å². The van der Waals surface area contributed by atoms with Crippen LogP contribution < -0.4 is 36.3 Å². The van der Waals surface area contributed by atoms with Crippen LogP contribution in [0.2, 0.25) is 0 Å². The number of imide groups is 1. The van der Waals surface area contributed by atoms with Crippen molar-refractivity contribution in [3.8, 4) is 22.6 Å². The van der Waals surface area contributed by atoms with Gasteiger partial charge in [-0.1, -0.05) is 12.1 Å². The van der Waals surface area contributed by atoms with Crippen LogP contribution in [-0.2, 0) is 37.6 Å². The number of hydrogen-bond acceptors (Lipinski definition) is 11. The van der Waals surface area contributed by atoms with Crippen LogP contribution in [0.3, 0.4) is 0 Å². The number of carbonyl (C=O) groups is 5. The van der Waals surface area contributed by atoms with Crippen molar-refractivity contribution in [2.45, 2.75) is 88.8 Å². The fourth-order valence-corrected chi connectivity index (χ4v) is 8.76. The van der Waals surface area contributed by atoms with E-state index in [1.807, 2.05) is 34.1 Å². The summed E-state index contributed by atoms with van der Waals surface area (Å²) in [5.74, 6) is 1.06. The first-order valence-electron chi connectivity index (χ1n) is 21.5. The molecule has 1 unspecified atom stereocenters. The van der Waals surface area contributed by atoms with Gasteiger partial charge in [-0.05, 0) is 86.3 Å². The summed E-state index contributed by atoms with van der Waals surface area (Å²) in [5.41, 5.74) is 4.61. The first kappa shape index (κ1) is 43.8. The number of H-pyrrole nitrogens is 1. The van der Waals surface area contributed by atoms with Gasteiger partial charge in [-0.15, -0.1) is 0 Å². The van der Waals surface area contributed by atoms with Crippen LogP contribution in [0.25, 0.3) is 22.0 Å². The number of carbonyl (C=O) groups excluding carboxylic acids is 5. The molecule has 17 heteroatoms. The van der Waals surface area contributed by atoms with E-state index in [1.165, 1.54) is 10.1 Å². The van der Waals surface area contributed by atoms with E-state index in [1.54, 1.807) is 33.7 Å². The highest BCUT2D eigenvalue weighted by Crippen LogP contribution is 2.37. The number of aryl methyl sites for hydroxylation is 1. The first-order valence-corrected chi connectivity index (χ1v) is 21.5. The van der Waals surface area contributed by atoms with Crippen molar-refractivity contribution in [3.63, 3.8) is 0 Å². The van der Waals surface area contributed by atoms with Gasteiger partial charge in [0.15, 0.2) is 0 Å². The molecule has 7 rings (SSSR count). The van der Waals surface area contributed by atoms with Crippen LogP contribution in [0.1, 0.15) is 81.3 Å². The number of ether oxygens (including phenoxy) is 2. The van der Waals surface area contributed by atoms with Gasteiger partial charge < -0.3 is 39.8 Å². The minimum absolute atomic E-state index is 0.0265. The second-order valence-electron chi connectivity index (χ2n) is 16.4. The lowest BCUT2D eigenvalue weighted by Crippen LogP contribution is -2.48. The van der Waals surface area contributed by atoms with Crippen molar-refractivity contribution in [2.24, 2.45) is 7.05 Å². The number of aromatic amines is 1. The van der Waals surface area contributed by atoms with Gasteiger partial charge in [0.25, 0.3) is 5.56 Å². The Kier molecular flexibility index (Phi) is 14.2. The lowest BCUT2D eigenvalue weighted by Gasteiger charge is -2.33. The largest absolute Gasteiger partial charge is 0.496 e. The molecule has 0 bridgehead atoms. The number of unbranched alkanes of at least 4 members (excludes halogenated alkanes) is 1. The average molecular weight is 852 g/mol. The zero-order valence-corrected chi connectivity index (χ0v) is 35.7. The Hall–Kier alpha value is -6.23. The number of fused-ring (bicyclic) bond motifs is 1. The van der Waals surface area contributed by atoms with Crippen LogP contribution in [0.5, 0.6) is 11.5 Å². The maximum absolute atomic E-state index is 13.0. The second kappa shape index (κ2) is 20.1. The Balaban J connectivity index is 0.771. The predicted octanol–water partition coefficient (Wildman–Crippen LogP) is 3.33. The van der Waals surface area contributed by atoms with Gasteiger partial charge in [0.2, 0.25) is 29.5 Å². The Bertz CT molecular complexity index is 2300. The fraction of sp³-hybridized carbons (Fsp3) is 0.489. The van der Waals surface area contributed by atoms with E-state index < -0.39 is 6.04 Å². The number of nitrogens with one attached hydrogen (secondary N) is 5. The molecule has 1 atom stereocenters. The maximum atomic E-state index is 13.0. The van der Waals surface area contributed by atoms with Crippen LogP contribution in [0.4, 0.5) is 5.69 Å². The molecule has 2 aromatic carbocycles. The molecule has 3 fully saturated rings. The molecule has 3 saturated heterocycles. The van der Waals surface area contributed by atoms with Gasteiger partial charge in [0.05, 0.1) is 27.0 Å². The molecule has 3 aliphatic heterocycles. The van der Waals surface area contributed by atoms with Gasteiger partial charge in [0.1, 0.15) is 23.1 Å². The number of rotatable bonds is 16. The number of methoxy groups -OCH3 is 2. The topological polar surface area (TPSA) is 209 Å². The molecule has 62 heavy (non-hydrogen) atoms. The molecule has 3 aliphatic rings. The maximum Gasteiger partial charge on any atom is 0.276 e. The summed E-state index contributed by atoms with van der Waals surface area (Å²) < 4.78 is 13.0. The third-order valence-electron chi connectivity index (χ3n) is 12.3. The highest BCUT2D eigenvalue weighted by atomic mass is 16.5. The number of likely N-dealkylation sites (tertiary alicyclic amines) is 2. The summed E-state index contributed by atoms with van der Waals surface area (Å²) in [6.45, 7) is 2.96. The summed E-state index contributed by atoms with van der Waals surface area (Å²) >= 11 is 0. The van der Waals surface area contributed by atoms with Crippen molar-refractivity contribution in [1.29, 1.82) is 0 Å². The highest BCUT2D eigenvalue weighted by Gasteiger charge is 2.28. The van der Waals surface area contributed by atoms with E-state index in [9.17, 15) is 28.8 Å². The fourth-order valence-electron chi connectivity index (χ4n) is 8.76. The predicted molar refractivity (Wildman–Crippen MR) is 233 cm³/mol. The summed E-state index contributed by atoms with van der Waals surface area (Å²) in [7, 11) is 4.83. The normalized spacial score (nSPS) is 17.5. The summed E-state index contributed by atoms with van der Waals surface area (Å²) in [6.07, 6.45) is 9.45. The molecular formula is C45H57N9O8. The Morgan fingerprint density at radius 3 is 2.10 bits per heavy atom. The van der Waals surface area contributed by atoms with E-state index in [2.05, 4.69) is 43.6 Å². The standard InChI is InChI=1S/C45H57N9O8/c1-52-27-35(33-25-47-51-43(33)45(52)60)30-22-37(61-2)34(38(23-30)62-3)24-46-26-40(56)49-32-16-20-54(21-17-32)42(58)7-5-4-6-41(57)53-18-14-29(15-19-53)28-8-10-31(11-9-28)48-36-12-13-39(55)50-44(36)59/h8-11,22-23,25,27,29,32,36,46,48H,4-7,12-21,24,26H2,1-3H3,(H,47,51)(H,49,56)(H,50,55,59). The SMILES string of the molecule is COc1cc(-c2cn(C)c(=O)c3[nH]ncc23)cc(OC)c1CNCC(=O)NC1CCN(C(=O)CCCCC(=O)N2CCC(c3ccc(NC4CCC(=O)NC4=O)cc3)CC2)CC1. The highest BCUT2D eigenvalue weighted by molar-refractivity contribution is 6.01. The first-order chi connectivity index (χ1) is 30.0. The molecule has 5 amide bonds. The number of nitrogens with zero attached hydrogens (tertiary/aromatic N) is 4. The number of amides is 5. The van der Waals surface area contributed by atoms with E-state index in [4.69, 9.17) is 9.47 Å². The zero-order valence-electron chi connectivity index (χ0n) is 35.7. The summed E-state index contributed by atoms with van der Waals surface area (Å²) in [6, 6.07) is 11.4. The Morgan fingerprint density at radius 1 is 0.855 bits per heavy atom. The molecule has 5 heterocycles. The molecule has 0 saturated carbocycles. The molecular weight excluding hydrogens is 795 g/mol. The molecule has 17 nitrogen and oxygen atoms in total. The third-order valence-corrected chi connectivity index (χ3v) is 12.3. The molecule has 330 valence electrons. The number of aromatic nitrogens is 3. The van der Waals surface area contributed by atoms with Crippen molar-refractivity contribution < 1.29 is 33.4 Å². The number of hydrogen-bond donors (Lipinski definition) is 5. The molecule has 4 aromatic rings. The summed E-state index contributed by atoms with van der Waals surface area (Å²) in [4.78, 5) is 78.8. The molecule has 0 spiro atoms. The lowest BCUT2D eigenvalue weighted by molar-refractivity contribution is -0.134. The minimum atomic E-state index is -0.417. The molecule has 2 aromatic heterocycles. The van der Waals surface area contributed by atoms with Gasteiger partial charge >= 0.3 is 0 Å².